The number of ether oxygens (including phenoxy) is 1. The van der Waals surface area contributed by atoms with Crippen molar-refractivity contribution in [3.8, 4) is 0 Å². The van der Waals surface area contributed by atoms with E-state index in [1.54, 1.807) is 0 Å². The summed E-state index contributed by atoms with van der Waals surface area (Å²) in [5.41, 5.74) is 2.66. The van der Waals surface area contributed by atoms with Gasteiger partial charge in [-0.05, 0) is 30.9 Å². The van der Waals surface area contributed by atoms with E-state index >= 15 is 0 Å². The fourth-order valence-corrected chi connectivity index (χ4v) is 1.56. The van der Waals surface area contributed by atoms with E-state index in [1.165, 1.54) is 11.1 Å². The van der Waals surface area contributed by atoms with Crippen molar-refractivity contribution < 1.29 is 9.53 Å². The predicted octanol–water partition coefficient (Wildman–Crippen LogP) is 2.30. The first-order chi connectivity index (χ1) is 6.72. The molecule has 0 radical (unpaired) electrons. The van der Waals surface area contributed by atoms with Crippen LogP contribution in [0.2, 0.25) is 0 Å². The number of nitrogens with zero attached hydrogens (tertiary/aromatic N) is 1. The van der Waals surface area contributed by atoms with Crippen LogP contribution in [0.3, 0.4) is 0 Å². The van der Waals surface area contributed by atoms with Gasteiger partial charge in [0.25, 0.3) is 6.47 Å². The highest BCUT2D eigenvalue weighted by Gasteiger charge is 2.08. The van der Waals surface area contributed by atoms with Gasteiger partial charge < -0.3 is 9.30 Å². The van der Waals surface area contributed by atoms with E-state index < -0.39 is 0 Å². The topological polar surface area (TPSA) is 31.2 Å². The fraction of sp³-hybridized carbons (Fsp3) is 0.545. The number of carbonyl (C=O) groups excluding carboxylic acids is 1. The summed E-state index contributed by atoms with van der Waals surface area (Å²) in [6, 6.07) is 0. The number of carbonyl (C=O) groups is 1. The Morgan fingerprint density at radius 3 is 2.21 bits per heavy atom. The zero-order chi connectivity index (χ0) is 10.6. The van der Waals surface area contributed by atoms with Crippen molar-refractivity contribution in [3.63, 3.8) is 0 Å². The second-order valence-corrected chi connectivity index (χ2v) is 3.29. The van der Waals surface area contributed by atoms with Crippen LogP contribution in [0.15, 0.2) is 12.4 Å². The largest absolute Gasteiger partial charge is 0.444 e. The molecule has 1 unspecified atom stereocenters. The molecular weight excluding hydrogens is 178 g/mol. The van der Waals surface area contributed by atoms with Crippen molar-refractivity contribution >= 4 is 6.47 Å². The van der Waals surface area contributed by atoms with Gasteiger partial charge in [-0.2, -0.15) is 0 Å². The molecule has 0 aliphatic carbocycles. The quantitative estimate of drug-likeness (QED) is 0.675. The molecule has 0 aliphatic rings. The van der Waals surface area contributed by atoms with Gasteiger partial charge in [-0.1, -0.05) is 13.8 Å². The molecule has 3 heteroatoms. The third-order valence-electron chi connectivity index (χ3n) is 2.46. The summed E-state index contributed by atoms with van der Waals surface area (Å²) < 4.78 is 6.80. The zero-order valence-electron chi connectivity index (χ0n) is 8.99. The zero-order valence-corrected chi connectivity index (χ0v) is 8.99. The number of hydrogen-bond donors (Lipinski definition) is 0. The van der Waals surface area contributed by atoms with Crippen LogP contribution >= 0.6 is 0 Å². The molecule has 1 rings (SSSR count). The van der Waals surface area contributed by atoms with Crippen molar-refractivity contribution in [2.45, 2.75) is 39.8 Å². The van der Waals surface area contributed by atoms with Crippen LogP contribution in [0.4, 0.5) is 0 Å². The molecule has 0 amide bonds. The SMILES string of the molecule is CCc1cn(C(C)OC=O)cc1CC. The Kier molecular flexibility index (Phi) is 3.74. The molecule has 0 spiro atoms. The highest BCUT2D eigenvalue weighted by molar-refractivity contribution is 5.37. The standard InChI is InChI=1S/C11H17NO2/c1-4-10-6-12(7-11(10)5-2)9(3)14-8-13/h6-9H,4-5H2,1-3H3. The van der Waals surface area contributed by atoms with Gasteiger partial charge in [0.15, 0.2) is 6.23 Å². The summed E-state index contributed by atoms with van der Waals surface area (Å²) in [6.45, 7) is 6.60. The average molecular weight is 195 g/mol. The first-order valence-corrected chi connectivity index (χ1v) is 5.01. The number of hydrogen-bond acceptors (Lipinski definition) is 2. The third-order valence-corrected chi connectivity index (χ3v) is 2.46. The van der Waals surface area contributed by atoms with E-state index in [2.05, 4.69) is 13.8 Å². The van der Waals surface area contributed by atoms with E-state index in [0.29, 0.717) is 6.47 Å². The summed E-state index contributed by atoms with van der Waals surface area (Å²) in [7, 11) is 0. The second kappa shape index (κ2) is 4.84. The van der Waals surface area contributed by atoms with Gasteiger partial charge in [-0.25, -0.2) is 0 Å². The Labute approximate surface area is 84.7 Å². The first-order valence-electron chi connectivity index (χ1n) is 5.01. The number of aryl methyl sites for hydroxylation is 2. The Morgan fingerprint density at radius 1 is 1.36 bits per heavy atom. The maximum absolute atomic E-state index is 10.2. The minimum absolute atomic E-state index is 0.210. The summed E-state index contributed by atoms with van der Waals surface area (Å²) in [4.78, 5) is 10.2. The molecule has 1 aromatic rings. The minimum atomic E-state index is -0.210. The van der Waals surface area contributed by atoms with Crippen molar-refractivity contribution in [1.82, 2.24) is 4.57 Å². The van der Waals surface area contributed by atoms with Gasteiger partial charge in [-0.3, -0.25) is 4.79 Å². The summed E-state index contributed by atoms with van der Waals surface area (Å²) in [6.07, 6.45) is 5.92. The van der Waals surface area contributed by atoms with Crippen molar-refractivity contribution in [1.29, 1.82) is 0 Å². The lowest BCUT2D eigenvalue weighted by atomic mass is 10.1. The van der Waals surface area contributed by atoms with E-state index in [4.69, 9.17) is 4.74 Å². The molecule has 0 saturated heterocycles. The molecule has 14 heavy (non-hydrogen) atoms. The Hall–Kier alpha value is -1.25. The van der Waals surface area contributed by atoms with Gasteiger partial charge in [0.1, 0.15) is 0 Å². The van der Waals surface area contributed by atoms with E-state index in [0.717, 1.165) is 12.8 Å². The van der Waals surface area contributed by atoms with Crippen LogP contribution in [-0.4, -0.2) is 11.0 Å². The van der Waals surface area contributed by atoms with Crippen LogP contribution in [0.25, 0.3) is 0 Å². The Balaban J connectivity index is 2.88. The van der Waals surface area contributed by atoms with Crippen molar-refractivity contribution in [2.24, 2.45) is 0 Å². The molecule has 78 valence electrons. The average Bonchev–Trinajstić information content (AvgIpc) is 2.61. The lowest BCUT2D eigenvalue weighted by Crippen LogP contribution is -2.05. The van der Waals surface area contributed by atoms with E-state index in [1.807, 2.05) is 23.9 Å². The van der Waals surface area contributed by atoms with Crippen molar-refractivity contribution in [2.75, 3.05) is 0 Å². The molecule has 0 aromatic carbocycles. The summed E-state index contributed by atoms with van der Waals surface area (Å²) >= 11 is 0. The van der Waals surface area contributed by atoms with E-state index in [9.17, 15) is 4.79 Å². The Bertz CT molecular complexity index is 283. The van der Waals surface area contributed by atoms with Gasteiger partial charge in [-0.15, -0.1) is 0 Å². The molecule has 0 bridgehead atoms. The molecular formula is C11H17NO2. The Morgan fingerprint density at radius 2 is 1.86 bits per heavy atom. The maximum atomic E-state index is 10.2. The van der Waals surface area contributed by atoms with Gasteiger partial charge in [0.2, 0.25) is 0 Å². The number of aromatic nitrogens is 1. The predicted molar refractivity (Wildman–Crippen MR) is 55.0 cm³/mol. The van der Waals surface area contributed by atoms with E-state index in [-0.39, 0.29) is 6.23 Å². The second-order valence-electron chi connectivity index (χ2n) is 3.29. The van der Waals surface area contributed by atoms with Gasteiger partial charge in [0.05, 0.1) is 0 Å². The molecule has 1 aromatic heterocycles. The van der Waals surface area contributed by atoms with Crippen LogP contribution in [-0.2, 0) is 22.4 Å². The van der Waals surface area contributed by atoms with Crippen molar-refractivity contribution in [3.05, 3.63) is 23.5 Å². The van der Waals surface area contributed by atoms with Crippen LogP contribution in [0.5, 0.6) is 0 Å². The maximum Gasteiger partial charge on any atom is 0.295 e. The minimum Gasteiger partial charge on any atom is -0.444 e. The highest BCUT2D eigenvalue weighted by atomic mass is 16.5. The fourth-order valence-electron chi connectivity index (χ4n) is 1.56. The van der Waals surface area contributed by atoms with Gasteiger partial charge in [0, 0.05) is 12.4 Å². The van der Waals surface area contributed by atoms with Crippen LogP contribution in [0, 0.1) is 0 Å². The summed E-state index contributed by atoms with van der Waals surface area (Å²) in [5.74, 6) is 0. The first kappa shape index (κ1) is 10.8. The molecule has 3 nitrogen and oxygen atoms in total. The lowest BCUT2D eigenvalue weighted by molar-refractivity contribution is -0.136. The molecule has 1 atom stereocenters. The van der Waals surface area contributed by atoms with Crippen LogP contribution < -0.4 is 0 Å². The monoisotopic (exact) mass is 195 g/mol. The molecule has 0 N–H and O–H groups in total. The molecule has 0 aliphatic heterocycles. The van der Waals surface area contributed by atoms with Gasteiger partial charge >= 0.3 is 0 Å². The third kappa shape index (κ3) is 2.16. The van der Waals surface area contributed by atoms with Crippen LogP contribution in [0.1, 0.15) is 38.1 Å². The normalized spacial score (nSPS) is 12.5. The summed E-state index contributed by atoms with van der Waals surface area (Å²) in [5, 5.41) is 0. The lowest BCUT2D eigenvalue weighted by Gasteiger charge is -2.10. The molecule has 0 fully saturated rings. The molecule has 0 saturated carbocycles. The smallest absolute Gasteiger partial charge is 0.295 e. The molecule has 1 heterocycles. The number of rotatable bonds is 5. The highest BCUT2D eigenvalue weighted by Crippen LogP contribution is 2.16.